The molecule has 0 nitrogen and oxygen atoms in total. The van der Waals surface area contributed by atoms with Crippen LogP contribution in [-0.2, 0) is 5.41 Å². The van der Waals surface area contributed by atoms with Gasteiger partial charge in [-0.2, -0.15) is 0 Å². The maximum absolute atomic E-state index is 2.36. The maximum atomic E-state index is 2.36. The van der Waals surface area contributed by atoms with Crippen LogP contribution in [0.1, 0.15) is 52.7 Å². The summed E-state index contributed by atoms with van der Waals surface area (Å²) in [4.78, 5) is 0. The molecule has 0 fully saturated rings. The summed E-state index contributed by atoms with van der Waals surface area (Å²) in [6, 6.07) is 31.5. The summed E-state index contributed by atoms with van der Waals surface area (Å²) in [7, 11) is 0. The molecule has 5 aromatic rings. The summed E-state index contributed by atoms with van der Waals surface area (Å²) in [5.41, 5.74) is 5.63. The van der Waals surface area contributed by atoms with E-state index in [1.807, 2.05) is 27.7 Å². The third-order valence-electron chi connectivity index (χ3n) is 6.45. The molecule has 0 spiro atoms. The largest absolute Gasteiger partial charge is 0.0683 e. The van der Waals surface area contributed by atoms with Crippen molar-refractivity contribution in [1.82, 2.24) is 0 Å². The molecule has 0 amide bonds. The van der Waals surface area contributed by atoms with Gasteiger partial charge < -0.3 is 0 Å². The highest BCUT2D eigenvalue weighted by molar-refractivity contribution is 6.16. The molecule has 1 aliphatic carbocycles. The fourth-order valence-corrected chi connectivity index (χ4v) is 5.11. The highest BCUT2D eigenvalue weighted by Crippen LogP contribution is 2.51. The molecule has 0 saturated heterocycles. The number of hydrogen-bond acceptors (Lipinski definition) is 0. The lowest BCUT2D eigenvalue weighted by Gasteiger charge is -2.36. The van der Waals surface area contributed by atoms with Gasteiger partial charge in [0.1, 0.15) is 0 Å². The van der Waals surface area contributed by atoms with E-state index in [0.717, 1.165) is 0 Å². The molecule has 0 aromatic heterocycles. The molecular weight excluding hydrogens is 372 g/mol. The predicted molar refractivity (Wildman–Crippen MR) is 139 cm³/mol. The van der Waals surface area contributed by atoms with E-state index in [9.17, 15) is 0 Å². The smallest absolute Gasteiger partial charge is 0.0159 e. The van der Waals surface area contributed by atoms with Crippen LogP contribution in [0, 0.1) is 0 Å². The van der Waals surface area contributed by atoms with Gasteiger partial charge in [-0.05, 0) is 54.6 Å². The maximum Gasteiger partial charge on any atom is 0.0159 e. The van der Waals surface area contributed by atoms with Crippen molar-refractivity contribution in [3.05, 3.63) is 96.1 Å². The van der Waals surface area contributed by atoms with Crippen molar-refractivity contribution in [3.8, 4) is 11.1 Å². The van der Waals surface area contributed by atoms with Gasteiger partial charge in [0, 0.05) is 5.41 Å². The van der Waals surface area contributed by atoms with Crippen LogP contribution >= 0.6 is 0 Å². The fraction of sp³-hybridized carbons (Fsp3) is 0.226. The van der Waals surface area contributed by atoms with Gasteiger partial charge in [0.05, 0.1) is 0 Å². The molecule has 0 unspecified atom stereocenters. The van der Waals surface area contributed by atoms with E-state index in [0.29, 0.717) is 0 Å². The zero-order valence-corrected chi connectivity index (χ0v) is 19.6. The quantitative estimate of drug-likeness (QED) is 0.225. The van der Waals surface area contributed by atoms with Gasteiger partial charge in [-0.3, -0.25) is 0 Å². The molecule has 1 aliphatic rings. The SMILES string of the molecule is CC.CC.CC1(C)c2ccc3c(ccc4ccccc43)c2-c2cccc3cccc1c23. The Morgan fingerprint density at radius 1 is 0.484 bits per heavy atom. The Hall–Kier alpha value is -3.12. The molecule has 6 rings (SSSR count). The zero-order valence-electron chi connectivity index (χ0n) is 19.6. The number of rotatable bonds is 0. The monoisotopic (exact) mass is 404 g/mol. The van der Waals surface area contributed by atoms with E-state index in [-0.39, 0.29) is 5.41 Å². The van der Waals surface area contributed by atoms with Crippen molar-refractivity contribution in [2.24, 2.45) is 0 Å². The lowest BCUT2D eigenvalue weighted by Crippen LogP contribution is -2.23. The summed E-state index contributed by atoms with van der Waals surface area (Å²) < 4.78 is 0. The van der Waals surface area contributed by atoms with E-state index in [1.165, 1.54) is 54.6 Å². The molecule has 0 saturated carbocycles. The normalized spacial score (nSPS) is 13.1. The van der Waals surface area contributed by atoms with E-state index in [4.69, 9.17) is 0 Å². The van der Waals surface area contributed by atoms with E-state index in [1.54, 1.807) is 0 Å². The molecule has 0 radical (unpaired) electrons. The summed E-state index contributed by atoms with van der Waals surface area (Å²) in [5.74, 6) is 0. The van der Waals surface area contributed by atoms with Gasteiger partial charge in [0.25, 0.3) is 0 Å². The first kappa shape index (κ1) is 21.1. The second kappa shape index (κ2) is 8.19. The van der Waals surface area contributed by atoms with Crippen LogP contribution < -0.4 is 0 Å². The molecule has 0 bridgehead atoms. The predicted octanol–water partition coefficient (Wildman–Crippen LogP) is 9.50. The van der Waals surface area contributed by atoms with Crippen LogP contribution in [0.25, 0.3) is 43.4 Å². The molecule has 156 valence electrons. The Labute approximate surface area is 186 Å². The van der Waals surface area contributed by atoms with E-state index < -0.39 is 0 Å². The lowest BCUT2D eigenvalue weighted by atomic mass is 9.67. The number of fused-ring (bicyclic) bond motifs is 6. The molecular formula is C31H32. The van der Waals surface area contributed by atoms with Crippen molar-refractivity contribution in [2.45, 2.75) is 47.0 Å². The fourth-order valence-electron chi connectivity index (χ4n) is 5.11. The average molecular weight is 405 g/mol. The topological polar surface area (TPSA) is 0 Å². The zero-order chi connectivity index (χ0) is 22.2. The number of hydrogen-bond donors (Lipinski definition) is 0. The minimum atomic E-state index is -0.0109. The molecule has 0 heterocycles. The van der Waals surface area contributed by atoms with Gasteiger partial charge in [-0.1, -0.05) is 126 Å². The summed E-state index contributed by atoms with van der Waals surface area (Å²) in [6.07, 6.45) is 0. The molecule has 0 heteroatoms. The first-order chi connectivity index (χ1) is 15.2. The first-order valence-corrected chi connectivity index (χ1v) is 11.6. The molecule has 0 N–H and O–H groups in total. The highest BCUT2D eigenvalue weighted by atomic mass is 14.4. The van der Waals surface area contributed by atoms with E-state index in [2.05, 4.69) is 98.8 Å². The molecule has 0 atom stereocenters. The first-order valence-electron chi connectivity index (χ1n) is 11.6. The second-order valence-electron chi connectivity index (χ2n) is 8.20. The standard InChI is InChI=1S/C27H20.2C2H6/c1-27(2)23-12-6-9-18-8-5-11-22(25(18)23)26-21-14-13-17-7-3-4-10-19(17)20(21)15-16-24(26)27;2*1-2/h3-16H,1-2H3;2*1-2H3. The van der Waals surface area contributed by atoms with Crippen LogP contribution in [0.3, 0.4) is 0 Å². The Bertz CT molecular complexity index is 1380. The second-order valence-corrected chi connectivity index (χ2v) is 8.20. The van der Waals surface area contributed by atoms with Gasteiger partial charge in [0.15, 0.2) is 0 Å². The Balaban J connectivity index is 0.000000549. The van der Waals surface area contributed by atoms with Crippen LogP contribution in [0.4, 0.5) is 0 Å². The van der Waals surface area contributed by atoms with Crippen LogP contribution in [0.15, 0.2) is 84.9 Å². The molecule has 31 heavy (non-hydrogen) atoms. The van der Waals surface area contributed by atoms with Crippen molar-refractivity contribution < 1.29 is 0 Å². The minimum absolute atomic E-state index is 0.0109. The summed E-state index contributed by atoms with van der Waals surface area (Å²) in [6.45, 7) is 12.7. The third kappa shape index (κ3) is 3.05. The Morgan fingerprint density at radius 3 is 1.90 bits per heavy atom. The van der Waals surface area contributed by atoms with Gasteiger partial charge in [-0.15, -0.1) is 0 Å². The highest BCUT2D eigenvalue weighted by Gasteiger charge is 2.34. The van der Waals surface area contributed by atoms with Crippen molar-refractivity contribution in [2.75, 3.05) is 0 Å². The summed E-state index contributed by atoms with van der Waals surface area (Å²) in [5, 5.41) is 8.10. The molecule has 0 aliphatic heterocycles. The van der Waals surface area contributed by atoms with Crippen molar-refractivity contribution in [3.63, 3.8) is 0 Å². The Kier molecular flexibility index (Phi) is 5.58. The van der Waals surface area contributed by atoms with Crippen LogP contribution in [-0.4, -0.2) is 0 Å². The number of benzene rings is 5. The van der Waals surface area contributed by atoms with Crippen molar-refractivity contribution >= 4 is 32.3 Å². The summed E-state index contributed by atoms with van der Waals surface area (Å²) >= 11 is 0. The van der Waals surface area contributed by atoms with Crippen LogP contribution in [0.2, 0.25) is 0 Å². The van der Waals surface area contributed by atoms with Crippen molar-refractivity contribution in [1.29, 1.82) is 0 Å². The minimum Gasteiger partial charge on any atom is -0.0683 e. The third-order valence-corrected chi connectivity index (χ3v) is 6.45. The van der Waals surface area contributed by atoms with Gasteiger partial charge in [-0.25, -0.2) is 0 Å². The van der Waals surface area contributed by atoms with Crippen LogP contribution in [0.5, 0.6) is 0 Å². The van der Waals surface area contributed by atoms with E-state index >= 15 is 0 Å². The molecule has 5 aromatic carbocycles. The van der Waals surface area contributed by atoms with Gasteiger partial charge >= 0.3 is 0 Å². The van der Waals surface area contributed by atoms with Gasteiger partial charge in [0.2, 0.25) is 0 Å². The lowest BCUT2D eigenvalue weighted by molar-refractivity contribution is 0.646. The Morgan fingerprint density at radius 2 is 1.13 bits per heavy atom. The average Bonchev–Trinajstić information content (AvgIpc) is 2.84.